The second-order valence-electron chi connectivity index (χ2n) is 1.27. The summed E-state index contributed by atoms with van der Waals surface area (Å²) < 4.78 is 4.94. The van der Waals surface area contributed by atoms with Gasteiger partial charge in [0.15, 0.2) is 0 Å². The number of rotatable bonds is 3. The van der Waals surface area contributed by atoms with E-state index in [4.69, 9.17) is 39.2 Å². The highest BCUT2D eigenvalue weighted by Crippen LogP contribution is 2.48. The van der Waals surface area contributed by atoms with Crippen molar-refractivity contribution >= 4 is 40.3 Å². The molecular formula is C3H7Cl2OPS. The maximum absolute atomic E-state index is 5.56. The Balaban J connectivity index is 3.26. The third-order valence-electron chi connectivity index (χ3n) is 0.399. The Morgan fingerprint density at radius 2 is 2.25 bits per heavy atom. The van der Waals surface area contributed by atoms with Crippen LogP contribution in [0.5, 0.6) is 0 Å². The van der Waals surface area contributed by atoms with Crippen LogP contribution in [0.4, 0.5) is 0 Å². The molecule has 0 aromatic rings. The van der Waals surface area contributed by atoms with Crippen LogP contribution in [0.1, 0.15) is 0 Å². The number of alkyl halides is 1. The first-order chi connectivity index (χ1) is 3.56. The number of halogens is 2. The van der Waals surface area contributed by atoms with E-state index < -0.39 is 5.62 Å². The van der Waals surface area contributed by atoms with Gasteiger partial charge in [-0.05, 0) is 0 Å². The van der Waals surface area contributed by atoms with E-state index in [9.17, 15) is 0 Å². The van der Waals surface area contributed by atoms with E-state index in [1.165, 1.54) is 0 Å². The highest BCUT2D eigenvalue weighted by atomic mass is 35.7. The van der Waals surface area contributed by atoms with Gasteiger partial charge in [-0.25, -0.2) is 0 Å². The van der Waals surface area contributed by atoms with Crippen molar-refractivity contribution in [2.75, 3.05) is 19.2 Å². The van der Waals surface area contributed by atoms with E-state index in [0.29, 0.717) is 12.5 Å². The predicted octanol–water partition coefficient (Wildman–Crippen LogP) is 2.42. The first kappa shape index (κ1) is 9.19. The van der Waals surface area contributed by atoms with Crippen LogP contribution in [0.15, 0.2) is 0 Å². The van der Waals surface area contributed by atoms with Gasteiger partial charge >= 0.3 is 0 Å². The quantitative estimate of drug-likeness (QED) is 0.502. The first-order valence-corrected chi connectivity index (χ1v) is 6.64. The zero-order valence-electron chi connectivity index (χ0n) is 4.43. The molecule has 0 aliphatic heterocycles. The Morgan fingerprint density at radius 1 is 1.75 bits per heavy atom. The molecule has 0 rings (SSSR count). The van der Waals surface area contributed by atoms with Crippen molar-refractivity contribution in [2.24, 2.45) is 0 Å². The molecule has 1 nitrogen and oxygen atoms in total. The van der Waals surface area contributed by atoms with Crippen LogP contribution in [-0.4, -0.2) is 19.2 Å². The molecule has 0 spiro atoms. The Morgan fingerprint density at radius 3 is 2.38 bits per heavy atom. The van der Waals surface area contributed by atoms with Crippen LogP contribution in [-0.2, 0) is 16.3 Å². The maximum atomic E-state index is 5.56. The molecule has 0 aromatic heterocycles. The molecule has 5 heteroatoms. The fraction of sp³-hybridized carbons (Fsp3) is 1.00. The van der Waals surface area contributed by atoms with Crippen LogP contribution in [0.3, 0.4) is 0 Å². The van der Waals surface area contributed by atoms with Crippen molar-refractivity contribution in [1.82, 2.24) is 0 Å². The van der Waals surface area contributed by atoms with Gasteiger partial charge in [-0.15, -0.1) is 11.6 Å². The van der Waals surface area contributed by atoms with Gasteiger partial charge in [-0.1, -0.05) is 23.0 Å². The van der Waals surface area contributed by atoms with Crippen LogP contribution in [0, 0.1) is 0 Å². The van der Waals surface area contributed by atoms with E-state index in [1.54, 1.807) is 6.66 Å². The average Bonchev–Trinajstić information content (AvgIpc) is 1.59. The third kappa shape index (κ3) is 7.19. The molecule has 0 saturated carbocycles. The largest absolute Gasteiger partial charge is 0.337 e. The van der Waals surface area contributed by atoms with E-state index in [2.05, 4.69) is 0 Å². The highest BCUT2D eigenvalue weighted by molar-refractivity contribution is 8.24. The molecule has 0 aliphatic rings. The van der Waals surface area contributed by atoms with Gasteiger partial charge in [-0.2, -0.15) is 0 Å². The van der Waals surface area contributed by atoms with Crippen molar-refractivity contribution in [1.29, 1.82) is 0 Å². The minimum atomic E-state index is -1.96. The summed E-state index contributed by atoms with van der Waals surface area (Å²) >= 11 is 15.6. The lowest BCUT2D eigenvalue weighted by atomic mass is 10.9. The number of hydrogen-bond acceptors (Lipinski definition) is 2. The van der Waals surface area contributed by atoms with E-state index in [-0.39, 0.29) is 0 Å². The van der Waals surface area contributed by atoms with Gasteiger partial charge in [0.2, 0.25) is 0 Å². The fourth-order valence-electron chi connectivity index (χ4n) is 0.198. The zero-order chi connectivity index (χ0) is 6.62. The maximum Gasteiger partial charge on any atom is 0.148 e. The summed E-state index contributed by atoms with van der Waals surface area (Å²) in [5, 5.41) is 0. The summed E-state index contributed by atoms with van der Waals surface area (Å²) in [6.07, 6.45) is 0. The predicted molar refractivity (Wildman–Crippen MR) is 42.7 cm³/mol. The summed E-state index contributed by atoms with van der Waals surface area (Å²) in [6, 6.07) is 0. The molecule has 0 heterocycles. The summed E-state index contributed by atoms with van der Waals surface area (Å²) in [6.45, 7) is 2.16. The SMILES string of the molecule is CP(=S)(Cl)OCCCl. The van der Waals surface area contributed by atoms with Crippen molar-refractivity contribution in [2.45, 2.75) is 0 Å². The Bertz CT molecular complexity index is 101. The molecule has 50 valence electrons. The lowest BCUT2D eigenvalue weighted by Crippen LogP contribution is -1.87. The Kier molecular flexibility index (Phi) is 4.68. The molecule has 0 radical (unpaired) electrons. The van der Waals surface area contributed by atoms with Crippen LogP contribution in [0.2, 0.25) is 0 Å². The second-order valence-corrected chi connectivity index (χ2v) is 8.03. The van der Waals surface area contributed by atoms with Crippen molar-refractivity contribution in [3.8, 4) is 0 Å². The fourth-order valence-corrected chi connectivity index (χ4v) is 1.23. The summed E-state index contributed by atoms with van der Waals surface area (Å²) in [5.41, 5.74) is -1.96. The molecule has 0 aliphatic carbocycles. The molecule has 0 bridgehead atoms. The second kappa shape index (κ2) is 4.08. The molecule has 0 fully saturated rings. The lowest BCUT2D eigenvalue weighted by Gasteiger charge is -2.05. The van der Waals surface area contributed by atoms with E-state index in [1.807, 2.05) is 0 Å². The topological polar surface area (TPSA) is 9.23 Å². The highest BCUT2D eigenvalue weighted by Gasteiger charge is 2.01. The molecule has 0 saturated heterocycles. The minimum absolute atomic E-state index is 0.457. The van der Waals surface area contributed by atoms with Crippen molar-refractivity contribution in [3.63, 3.8) is 0 Å². The van der Waals surface area contributed by atoms with Crippen LogP contribution >= 0.6 is 28.5 Å². The Hall–Kier alpha value is 1.19. The molecule has 0 amide bonds. The first-order valence-electron chi connectivity index (χ1n) is 2.04. The standard InChI is InChI=1S/C3H7Cl2OPS/c1-7(5,8)6-3-2-4/h2-3H2,1H3. The van der Waals surface area contributed by atoms with Crippen LogP contribution in [0.25, 0.3) is 0 Å². The average molecular weight is 193 g/mol. The molecule has 0 N–H and O–H groups in total. The third-order valence-corrected chi connectivity index (χ3v) is 1.81. The molecule has 1 unspecified atom stereocenters. The molecule has 1 atom stereocenters. The normalized spacial score (nSPS) is 17.9. The summed E-state index contributed by atoms with van der Waals surface area (Å²) in [5.74, 6) is 0.457. The molecule has 0 aromatic carbocycles. The lowest BCUT2D eigenvalue weighted by molar-refractivity contribution is 0.390. The van der Waals surface area contributed by atoms with Gasteiger partial charge in [0, 0.05) is 12.5 Å². The molecule has 8 heavy (non-hydrogen) atoms. The van der Waals surface area contributed by atoms with Gasteiger partial charge in [-0.3, -0.25) is 0 Å². The van der Waals surface area contributed by atoms with Crippen LogP contribution < -0.4 is 0 Å². The van der Waals surface area contributed by atoms with Gasteiger partial charge in [0.25, 0.3) is 0 Å². The Labute approximate surface area is 64.2 Å². The van der Waals surface area contributed by atoms with Gasteiger partial charge in [0.1, 0.15) is 5.62 Å². The minimum Gasteiger partial charge on any atom is -0.337 e. The summed E-state index contributed by atoms with van der Waals surface area (Å²) in [4.78, 5) is 0. The van der Waals surface area contributed by atoms with E-state index >= 15 is 0 Å². The monoisotopic (exact) mass is 192 g/mol. The molecular weight excluding hydrogens is 186 g/mol. The summed E-state index contributed by atoms with van der Waals surface area (Å²) in [7, 11) is 0. The van der Waals surface area contributed by atoms with Crippen molar-refractivity contribution in [3.05, 3.63) is 0 Å². The zero-order valence-corrected chi connectivity index (χ0v) is 7.66. The number of hydrogen-bond donors (Lipinski definition) is 0. The van der Waals surface area contributed by atoms with E-state index in [0.717, 1.165) is 0 Å². The smallest absolute Gasteiger partial charge is 0.148 e. The van der Waals surface area contributed by atoms with Crippen molar-refractivity contribution < 1.29 is 4.52 Å². The van der Waals surface area contributed by atoms with Gasteiger partial charge < -0.3 is 4.52 Å². The van der Waals surface area contributed by atoms with Gasteiger partial charge in [0.05, 0.1) is 6.61 Å².